The van der Waals surface area contributed by atoms with E-state index >= 15 is 0 Å². The molecule has 15 heavy (non-hydrogen) atoms. The molecule has 4 heteroatoms. The fourth-order valence-electron chi connectivity index (χ4n) is 1.03. The molecule has 2 nitrogen and oxygen atoms in total. The molecule has 1 aromatic carbocycles. The maximum Gasteiger partial charge on any atom is 0.191 e. The van der Waals surface area contributed by atoms with Gasteiger partial charge in [0.1, 0.15) is 18.2 Å². The Morgan fingerprint density at radius 2 is 2.07 bits per heavy atom. The second-order valence-electron chi connectivity index (χ2n) is 3.41. The number of ether oxygens (including phenoxy) is 1. The summed E-state index contributed by atoms with van der Waals surface area (Å²) in [6, 6.07) is 2.77. The molecule has 82 valence electrons. The lowest BCUT2D eigenvalue weighted by Gasteiger charge is -2.07. The van der Waals surface area contributed by atoms with E-state index in [2.05, 4.69) is 0 Å². The third-order valence-electron chi connectivity index (χ3n) is 1.78. The van der Waals surface area contributed by atoms with Gasteiger partial charge in [-0.2, -0.15) is 0 Å². The molecule has 0 radical (unpaired) electrons. The first kappa shape index (κ1) is 11.8. The largest absolute Gasteiger partial charge is 0.371 e. The SMILES string of the molecule is CC(C)OCC(=O)c1cc(F)ccc1F. The first-order chi connectivity index (χ1) is 7.00. The van der Waals surface area contributed by atoms with Crippen LogP contribution in [0.5, 0.6) is 0 Å². The summed E-state index contributed by atoms with van der Waals surface area (Å²) in [4.78, 5) is 11.4. The number of benzene rings is 1. The van der Waals surface area contributed by atoms with Crippen LogP contribution in [0.2, 0.25) is 0 Å². The molecule has 0 saturated heterocycles. The zero-order valence-corrected chi connectivity index (χ0v) is 8.59. The van der Waals surface area contributed by atoms with E-state index in [0.29, 0.717) is 0 Å². The average Bonchev–Trinajstić information content (AvgIpc) is 2.18. The van der Waals surface area contributed by atoms with Gasteiger partial charge in [-0.1, -0.05) is 0 Å². The number of carbonyl (C=O) groups excluding carboxylic acids is 1. The van der Waals surface area contributed by atoms with Gasteiger partial charge in [-0.3, -0.25) is 4.79 Å². The van der Waals surface area contributed by atoms with Gasteiger partial charge in [-0.15, -0.1) is 0 Å². The molecule has 0 atom stereocenters. The fourth-order valence-corrected chi connectivity index (χ4v) is 1.03. The van der Waals surface area contributed by atoms with Crippen molar-refractivity contribution in [1.82, 2.24) is 0 Å². The lowest BCUT2D eigenvalue weighted by atomic mass is 10.1. The van der Waals surface area contributed by atoms with Crippen molar-refractivity contribution < 1.29 is 18.3 Å². The van der Waals surface area contributed by atoms with Crippen LogP contribution in [-0.2, 0) is 4.74 Å². The van der Waals surface area contributed by atoms with Crippen LogP contribution < -0.4 is 0 Å². The van der Waals surface area contributed by atoms with Gasteiger partial charge in [0.05, 0.1) is 11.7 Å². The lowest BCUT2D eigenvalue weighted by Crippen LogP contribution is -2.14. The molecule has 0 unspecified atom stereocenters. The maximum atomic E-state index is 13.1. The Labute approximate surface area is 86.9 Å². The number of hydrogen-bond acceptors (Lipinski definition) is 2. The van der Waals surface area contributed by atoms with E-state index in [1.54, 1.807) is 13.8 Å². The molecule has 0 spiro atoms. The summed E-state index contributed by atoms with van der Waals surface area (Å²) in [7, 11) is 0. The van der Waals surface area contributed by atoms with E-state index in [4.69, 9.17) is 4.74 Å². The van der Waals surface area contributed by atoms with Crippen molar-refractivity contribution in [3.63, 3.8) is 0 Å². The third-order valence-corrected chi connectivity index (χ3v) is 1.78. The number of rotatable bonds is 4. The highest BCUT2D eigenvalue weighted by molar-refractivity contribution is 5.97. The Hall–Kier alpha value is -1.29. The van der Waals surface area contributed by atoms with Crippen LogP contribution in [0.3, 0.4) is 0 Å². The van der Waals surface area contributed by atoms with Crippen LogP contribution in [0.15, 0.2) is 18.2 Å². The van der Waals surface area contributed by atoms with Crippen molar-refractivity contribution >= 4 is 5.78 Å². The van der Waals surface area contributed by atoms with Crippen molar-refractivity contribution in [3.05, 3.63) is 35.4 Å². The molecule has 1 aromatic rings. The molecular formula is C11H12F2O2. The minimum Gasteiger partial charge on any atom is -0.371 e. The number of Topliss-reactive ketones (excluding diaryl/α,β-unsaturated/α-hetero) is 1. The Bertz CT molecular complexity index is 362. The van der Waals surface area contributed by atoms with Crippen LogP contribution in [-0.4, -0.2) is 18.5 Å². The van der Waals surface area contributed by atoms with Gasteiger partial charge in [0.15, 0.2) is 5.78 Å². The van der Waals surface area contributed by atoms with E-state index < -0.39 is 17.4 Å². The van der Waals surface area contributed by atoms with E-state index in [1.807, 2.05) is 0 Å². The van der Waals surface area contributed by atoms with E-state index in [1.165, 1.54) is 0 Å². The smallest absolute Gasteiger partial charge is 0.191 e. The topological polar surface area (TPSA) is 26.3 Å². The summed E-state index contributed by atoms with van der Waals surface area (Å²) >= 11 is 0. The van der Waals surface area contributed by atoms with Gasteiger partial charge >= 0.3 is 0 Å². The highest BCUT2D eigenvalue weighted by atomic mass is 19.1. The van der Waals surface area contributed by atoms with E-state index in [0.717, 1.165) is 18.2 Å². The summed E-state index contributed by atoms with van der Waals surface area (Å²) in [5.41, 5.74) is -0.268. The fraction of sp³-hybridized carbons (Fsp3) is 0.364. The third kappa shape index (κ3) is 3.40. The summed E-state index contributed by atoms with van der Waals surface area (Å²) in [5.74, 6) is -1.92. The van der Waals surface area contributed by atoms with Gasteiger partial charge in [0.25, 0.3) is 0 Å². The summed E-state index contributed by atoms with van der Waals surface area (Å²) in [6.07, 6.45) is -0.120. The lowest BCUT2D eigenvalue weighted by molar-refractivity contribution is 0.0581. The van der Waals surface area contributed by atoms with Crippen LogP contribution in [0.1, 0.15) is 24.2 Å². The van der Waals surface area contributed by atoms with Crippen LogP contribution >= 0.6 is 0 Å². The molecule has 0 N–H and O–H groups in total. The highest BCUT2D eigenvalue weighted by Crippen LogP contribution is 2.10. The Morgan fingerprint density at radius 1 is 1.40 bits per heavy atom. The second kappa shape index (κ2) is 4.98. The summed E-state index contributed by atoms with van der Waals surface area (Å²) < 4.78 is 30.9. The molecule has 0 saturated carbocycles. The molecule has 0 aliphatic carbocycles. The first-order valence-electron chi connectivity index (χ1n) is 4.60. The standard InChI is InChI=1S/C11H12F2O2/c1-7(2)15-6-11(14)9-5-8(12)3-4-10(9)13/h3-5,7H,6H2,1-2H3. The Balaban J connectivity index is 2.77. The molecule has 1 rings (SSSR count). The van der Waals surface area contributed by atoms with Gasteiger partial charge in [-0.05, 0) is 32.0 Å². The number of ketones is 1. The number of halogens is 2. The summed E-state index contributed by atoms with van der Waals surface area (Å²) in [5, 5.41) is 0. The molecular weight excluding hydrogens is 202 g/mol. The van der Waals surface area contributed by atoms with Crippen molar-refractivity contribution in [2.75, 3.05) is 6.61 Å². The van der Waals surface area contributed by atoms with Crippen molar-refractivity contribution in [2.45, 2.75) is 20.0 Å². The predicted octanol–water partition coefficient (Wildman–Crippen LogP) is 2.57. The minimum atomic E-state index is -0.728. The number of hydrogen-bond donors (Lipinski definition) is 0. The van der Waals surface area contributed by atoms with Crippen molar-refractivity contribution in [2.24, 2.45) is 0 Å². The zero-order chi connectivity index (χ0) is 11.4. The zero-order valence-electron chi connectivity index (χ0n) is 8.59. The van der Waals surface area contributed by atoms with Crippen molar-refractivity contribution in [3.8, 4) is 0 Å². The molecule has 0 fully saturated rings. The molecule has 0 aromatic heterocycles. The van der Waals surface area contributed by atoms with Crippen LogP contribution in [0.25, 0.3) is 0 Å². The van der Waals surface area contributed by atoms with Gasteiger partial charge in [0, 0.05) is 0 Å². The Kier molecular flexibility index (Phi) is 3.91. The van der Waals surface area contributed by atoms with E-state index in [9.17, 15) is 13.6 Å². The minimum absolute atomic E-state index is 0.120. The van der Waals surface area contributed by atoms with Crippen molar-refractivity contribution in [1.29, 1.82) is 0 Å². The monoisotopic (exact) mass is 214 g/mol. The summed E-state index contributed by atoms with van der Waals surface area (Å²) in [6.45, 7) is 3.28. The maximum absolute atomic E-state index is 13.1. The normalized spacial score (nSPS) is 10.7. The van der Waals surface area contributed by atoms with Gasteiger partial charge < -0.3 is 4.74 Å². The average molecular weight is 214 g/mol. The first-order valence-corrected chi connectivity index (χ1v) is 4.60. The molecule has 0 bridgehead atoms. The molecule has 0 heterocycles. The highest BCUT2D eigenvalue weighted by Gasteiger charge is 2.13. The predicted molar refractivity (Wildman–Crippen MR) is 51.8 cm³/mol. The molecule has 0 aliphatic rings. The molecule has 0 amide bonds. The van der Waals surface area contributed by atoms with Crippen LogP contribution in [0, 0.1) is 11.6 Å². The van der Waals surface area contributed by atoms with Gasteiger partial charge in [-0.25, -0.2) is 8.78 Å². The van der Waals surface area contributed by atoms with Crippen LogP contribution in [0.4, 0.5) is 8.78 Å². The van der Waals surface area contributed by atoms with Gasteiger partial charge in [0.2, 0.25) is 0 Å². The molecule has 0 aliphatic heterocycles. The second-order valence-corrected chi connectivity index (χ2v) is 3.41. The quantitative estimate of drug-likeness (QED) is 0.720. The number of carbonyl (C=O) groups is 1. The Morgan fingerprint density at radius 3 is 2.67 bits per heavy atom. The van der Waals surface area contributed by atoms with E-state index in [-0.39, 0.29) is 18.3 Å².